The number of esters is 2. The van der Waals surface area contributed by atoms with Gasteiger partial charge in [0.05, 0.1) is 71.2 Å². The van der Waals surface area contributed by atoms with Crippen LogP contribution in [0.5, 0.6) is 0 Å². The minimum Gasteiger partial charge on any atom is -0.469 e. The van der Waals surface area contributed by atoms with Gasteiger partial charge in [0.15, 0.2) is 0 Å². The molecule has 34 nitrogen and oxygen atoms in total. The van der Waals surface area contributed by atoms with Gasteiger partial charge in [-0.25, -0.2) is 4.79 Å². The van der Waals surface area contributed by atoms with Crippen LogP contribution in [0.4, 0.5) is 4.79 Å². The Labute approximate surface area is 827 Å². The minimum atomic E-state index is -1.85. The average Bonchev–Trinajstić information content (AvgIpc) is 1.56. The maximum absolute atomic E-state index is 15.1. The van der Waals surface area contributed by atoms with E-state index in [1.807, 2.05) is 279 Å². The third-order valence-corrected chi connectivity index (χ3v) is 24.1. The molecule has 1 aliphatic carbocycles. The number of aliphatic hydroxyl groups is 2. The summed E-state index contributed by atoms with van der Waals surface area (Å²) >= 11 is 0. The number of hydrogen-bond acceptors (Lipinski definition) is 21. The lowest BCUT2D eigenvalue weighted by atomic mass is 9.77. The first-order chi connectivity index (χ1) is 67.9. The van der Waals surface area contributed by atoms with Crippen LogP contribution < -0.4 is 64.2 Å². The molecule has 11 amide bonds. The van der Waals surface area contributed by atoms with E-state index in [2.05, 4.69) is 68.5 Å². The summed E-state index contributed by atoms with van der Waals surface area (Å²) in [6.45, 7) is 3.99. The maximum atomic E-state index is 15.1. The van der Waals surface area contributed by atoms with Crippen LogP contribution in [0, 0.1) is 0 Å². The molecule has 0 saturated heterocycles. The maximum Gasteiger partial charge on any atom is 0.407 e. The second-order valence-corrected chi connectivity index (χ2v) is 34.1. The number of aromatic nitrogens is 2. The molecule has 746 valence electrons. The number of ether oxygens (including phenoxy) is 3. The molecule has 0 fully saturated rings. The monoisotopic (exact) mass is 1940 g/mol. The zero-order chi connectivity index (χ0) is 101. The molecule has 10 unspecified atom stereocenters. The van der Waals surface area contributed by atoms with Crippen LogP contribution in [0.25, 0.3) is 32.9 Å². The molecule has 0 radical (unpaired) electrons. The second kappa shape index (κ2) is 51.4. The number of aliphatic hydroxyl groups excluding tert-OH is 2. The Hall–Kier alpha value is -16.6. The van der Waals surface area contributed by atoms with E-state index < -0.39 is 193 Å². The highest BCUT2D eigenvalue weighted by Gasteiger charge is 2.44. The zero-order valence-electron chi connectivity index (χ0n) is 78.2. The van der Waals surface area contributed by atoms with Crippen LogP contribution in [-0.4, -0.2) is 203 Å². The number of nitrogens with one attached hydrogen (secondary N) is 13. The van der Waals surface area contributed by atoms with E-state index in [4.69, 9.17) is 19.9 Å². The average molecular weight is 1950 g/mol. The van der Waals surface area contributed by atoms with Gasteiger partial charge in [-0.2, -0.15) is 0 Å². The summed E-state index contributed by atoms with van der Waals surface area (Å²) in [4.78, 5) is 211. The van der Waals surface area contributed by atoms with Crippen molar-refractivity contribution in [2.45, 2.75) is 159 Å². The topological polar surface area (TPSA) is 514 Å². The number of Topliss-reactive ketones (excluding diaryl/α,β-unsaturated/α-hetero) is 2. The predicted octanol–water partition coefficient (Wildman–Crippen LogP) is 8.13. The van der Waals surface area contributed by atoms with Crippen molar-refractivity contribution in [1.82, 2.24) is 68.5 Å². The lowest BCUT2D eigenvalue weighted by Crippen LogP contribution is -2.61. The van der Waals surface area contributed by atoms with Crippen molar-refractivity contribution in [3.63, 3.8) is 0 Å². The standard InChI is InChI=1S/C61H61N7O11.C46H51N7O9.2CH4/c1-37(69)34-63-59(76)55(38(2)70)67-58(75)52(33-54(72)78-3)65-57(74)51(32-53(71)68-61(40-19-7-4-8-20-40,41-21-9-5-10-22-41)42-23-11-6-12-24-42)64-56(73)50(31-39-35-62-49-30-18-17-25-43(39)49)66-60(77)79-36-48-46-28-15-13-26-44(46)45-27-14-16-29-47(45)48;1-28(54)26-49-45(61)41(29(2)55)52-44(60)38(25-40(57)62-3)51-43(59)37(50-42(58)35(47)23-30-27-48-36-22-14-13-21-34(30)36)24-39(56)53-46(31-15-7-4-8-16-31,32-17-9-5-10-18-32)33-19-11-6-12-20-33;;/h4-30,35,38,48,50-52,55,62,70H,31-34,36H2,1-3H3,(H,63,76)(H,64,73)(H,65,74)(H,66,77)(H,67,75)(H,68,71);4-22,27,29,35,37-38,41,48,55H,23-26,47H2,1-3H3,(H,49,61)(H,50,58)(H,51,59)(H,52,60)(H,53,56);2*1H4. The molecule has 12 aromatic rings. The van der Waals surface area contributed by atoms with Crippen molar-refractivity contribution in [3.05, 3.63) is 347 Å². The fourth-order valence-corrected chi connectivity index (χ4v) is 17.0. The number of nitrogens with two attached hydrogens (primary N) is 1. The quantitative estimate of drug-likeness (QED) is 0.00973. The van der Waals surface area contributed by atoms with Crippen LogP contribution in [0.15, 0.2) is 291 Å². The highest BCUT2D eigenvalue weighted by Crippen LogP contribution is 2.45. The number of aromatic amines is 2. The summed E-state index contributed by atoms with van der Waals surface area (Å²) in [5.74, 6) is -12.5. The summed E-state index contributed by atoms with van der Waals surface area (Å²) in [6, 6.07) is 72.4. The first-order valence-electron chi connectivity index (χ1n) is 45.7. The van der Waals surface area contributed by atoms with Crippen molar-refractivity contribution in [3.8, 4) is 11.1 Å². The Morgan fingerprint density at radius 2 is 0.650 bits per heavy atom. The lowest BCUT2D eigenvalue weighted by molar-refractivity contribution is -0.145. The van der Waals surface area contributed by atoms with Crippen molar-refractivity contribution < 1.29 is 96.3 Å². The number of benzene rings is 10. The van der Waals surface area contributed by atoms with E-state index in [-0.39, 0.29) is 46.8 Å². The molecular formula is C109H120N14O20. The molecule has 0 aliphatic heterocycles. The third kappa shape index (κ3) is 27.7. The van der Waals surface area contributed by atoms with E-state index in [0.29, 0.717) is 38.9 Å². The van der Waals surface area contributed by atoms with Gasteiger partial charge in [-0.3, -0.25) is 67.1 Å². The number of amides is 11. The number of rotatable bonds is 43. The van der Waals surface area contributed by atoms with Gasteiger partial charge in [0.2, 0.25) is 59.1 Å². The number of hydrogen-bond donors (Lipinski definition) is 16. The molecular weight excluding hydrogens is 1830 g/mol. The van der Waals surface area contributed by atoms with Gasteiger partial charge in [-0.1, -0.05) is 282 Å². The molecule has 0 bridgehead atoms. The van der Waals surface area contributed by atoms with Crippen molar-refractivity contribution in [1.29, 1.82) is 0 Å². The Balaban J connectivity index is 0.000000298. The zero-order valence-corrected chi connectivity index (χ0v) is 78.2. The lowest BCUT2D eigenvalue weighted by Gasteiger charge is -2.37. The van der Waals surface area contributed by atoms with Gasteiger partial charge in [0, 0.05) is 46.5 Å². The van der Waals surface area contributed by atoms with Crippen LogP contribution in [0.2, 0.25) is 0 Å². The molecule has 2 heterocycles. The molecule has 34 heteroatoms. The van der Waals surface area contributed by atoms with Crippen LogP contribution in [0.1, 0.15) is 130 Å². The molecule has 1 aliphatic rings. The molecule has 2 aromatic heterocycles. The summed E-state index contributed by atoms with van der Waals surface area (Å²) in [6.07, 6.45) is -3.65. The van der Waals surface area contributed by atoms with Gasteiger partial charge < -0.3 is 98.6 Å². The van der Waals surface area contributed by atoms with Crippen LogP contribution in [-0.2, 0) is 105 Å². The fraction of sp³-hybridized carbons (Fsp3) is 0.275. The molecule has 13 rings (SSSR count). The highest BCUT2D eigenvalue weighted by molar-refractivity contribution is 6.02. The third-order valence-electron chi connectivity index (χ3n) is 24.1. The number of H-pyrrole nitrogens is 2. The number of fused-ring (bicyclic) bond motifs is 5. The number of carbonyl (C=O) groups excluding carboxylic acids is 15. The number of methoxy groups -OCH3 is 2. The van der Waals surface area contributed by atoms with Crippen LogP contribution >= 0.6 is 0 Å². The second-order valence-electron chi connectivity index (χ2n) is 34.1. The highest BCUT2D eigenvalue weighted by atomic mass is 16.5. The normalized spacial score (nSPS) is 13.5. The first-order valence-corrected chi connectivity index (χ1v) is 45.7. The molecule has 17 N–H and O–H groups in total. The largest absolute Gasteiger partial charge is 0.469 e. The van der Waals surface area contributed by atoms with E-state index in [0.717, 1.165) is 63.8 Å². The van der Waals surface area contributed by atoms with E-state index in [1.165, 1.54) is 27.7 Å². The summed E-state index contributed by atoms with van der Waals surface area (Å²) in [5, 5.41) is 51.0. The number of carbonyl (C=O) groups is 15. The molecule has 10 aromatic carbocycles. The Morgan fingerprint density at radius 1 is 0.357 bits per heavy atom. The van der Waals surface area contributed by atoms with Crippen molar-refractivity contribution >= 4 is 110 Å². The predicted molar refractivity (Wildman–Crippen MR) is 537 cm³/mol. The smallest absolute Gasteiger partial charge is 0.407 e. The van der Waals surface area contributed by atoms with Crippen molar-refractivity contribution in [2.75, 3.05) is 33.9 Å². The Kier molecular flexibility index (Phi) is 38.9. The van der Waals surface area contributed by atoms with E-state index >= 15 is 9.59 Å². The van der Waals surface area contributed by atoms with Gasteiger partial charge >= 0.3 is 18.0 Å². The number of alkyl carbamates (subject to hydrolysis) is 1. The number of ketones is 2. The van der Waals surface area contributed by atoms with Gasteiger partial charge in [-0.05, 0) is 113 Å². The minimum absolute atomic E-state index is 0. The van der Waals surface area contributed by atoms with Crippen LogP contribution in [0.3, 0.4) is 0 Å². The summed E-state index contributed by atoms with van der Waals surface area (Å²) in [5.41, 5.74) is 14.6. The van der Waals surface area contributed by atoms with Gasteiger partial charge in [0.25, 0.3) is 0 Å². The SMILES string of the molecule is C.C.COC(=O)CC(NC(=O)C(CC(=O)NC(c1ccccc1)(c1ccccc1)c1ccccc1)NC(=O)C(Cc1c[nH]c2ccccc12)NC(=O)OCC1c2ccccc2-c2ccccc21)C(=O)NC(C(=O)NCC(C)=O)C(C)O.COC(=O)CC(NC(=O)C(CC(=O)NC(c1ccccc1)(c1ccccc1)c1ccccc1)NC(=O)C(N)Cc1c[nH]c2ccccc12)C(=O)NC(C(=O)NCC(C)=O)C(C)O. The number of para-hydroxylation sites is 2. The first kappa shape index (κ1) is 108. The summed E-state index contributed by atoms with van der Waals surface area (Å²) in [7, 11) is 2.12. The molecule has 0 saturated carbocycles. The summed E-state index contributed by atoms with van der Waals surface area (Å²) < 4.78 is 15.5. The van der Waals surface area contributed by atoms with Crippen molar-refractivity contribution in [2.24, 2.45) is 5.73 Å². The fourth-order valence-electron chi connectivity index (χ4n) is 17.0. The Morgan fingerprint density at radius 3 is 0.986 bits per heavy atom. The molecule has 143 heavy (non-hydrogen) atoms. The van der Waals surface area contributed by atoms with Gasteiger partial charge in [-0.15, -0.1) is 0 Å². The van der Waals surface area contributed by atoms with E-state index in [1.54, 1.807) is 12.4 Å². The Bertz CT molecular complexity index is 6210. The molecule has 0 spiro atoms. The van der Waals surface area contributed by atoms with E-state index in [9.17, 15) is 72.5 Å². The van der Waals surface area contributed by atoms with Gasteiger partial charge in [0.1, 0.15) is 71.5 Å². The molecule has 10 atom stereocenters.